The molecule has 1 aliphatic rings. The van der Waals surface area contributed by atoms with E-state index in [0.717, 1.165) is 32.1 Å². The summed E-state index contributed by atoms with van der Waals surface area (Å²) in [6.45, 7) is 3.09. The van der Waals surface area contributed by atoms with Crippen LogP contribution in [-0.4, -0.2) is 46.1 Å². The molecule has 0 aromatic carbocycles. The Kier molecular flexibility index (Phi) is 3.18. The minimum Gasteiger partial charge on any atom is -0.353 e. The van der Waals surface area contributed by atoms with Gasteiger partial charge in [0.2, 0.25) is 11.9 Å². The summed E-state index contributed by atoms with van der Waals surface area (Å²) in [7, 11) is 0. The molecule has 0 saturated carbocycles. The van der Waals surface area contributed by atoms with E-state index in [1.165, 1.54) is 12.4 Å². The highest BCUT2D eigenvalue weighted by Crippen LogP contribution is 2.15. The number of hydrogen-bond acceptors (Lipinski definition) is 6. The second-order valence-electron chi connectivity index (χ2n) is 4.22. The van der Waals surface area contributed by atoms with E-state index in [9.17, 15) is 4.39 Å². The van der Waals surface area contributed by atoms with Crippen molar-refractivity contribution in [3.05, 3.63) is 36.8 Å². The fourth-order valence-electron chi connectivity index (χ4n) is 2.09. The number of hydrogen-bond donors (Lipinski definition) is 0. The van der Waals surface area contributed by atoms with E-state index in [0.29, 0.717) is 5.82 Å². The average Bonchev–Trinajstić information content (AvgIpc) is 2.48. The third-order valence-electron chi connectivity index (χ3n) is 3.06. The van der Waals surface area contributed by atoms with Crippen molar-refractivity contribution in [2.75, 3.05) is 36.0 Å². The van der Waals surface area contributed by atoms with Gasteiger partial charge < -0.3 is 9.80 Å². The lowest BCUT2D eigenvalue weighted by atomic mass is 10.3. The van der Waals surface area contributed by atoms with Crippen molar-refractivity contribution in [3.8, 4) is 0 Å². The van der Waals surface area contributed by atoms with E-state index in [4.69, 9.17) is 0 Å². The Morgan fingerprint density at radius 3 is 2.26 bits per heavy atom. The molecule has 3 rings (SSSR count). The number of rotatable bonds is 2. The Bertz CT molecular complexity index is 541. The van der Waals surface area contributed by atoms with Crippen LogP contribution in [-0.2, 0) is 0 Å². The molecule has 7 heteroatoms. The normalized spacial score (nSPS) is 15.6. The summed E-state index contributed by atoms with van der Waals surface area (Å²) in [6, 6.07) is 3.15. The monoisotopic (exact) mass is 260 g/mol. The van der Waals surface area contributed by atoms with Gasteiger partial charge >= 0.3 is 0 Å². The van der Waals surface area contributed by atoms with Crippen LogP contribution in [0.2, 0.25) is 0 Å². The lowest BCUT2D eigenvalue weighted by Crippen LogP contribution is -2.47. The summed E-state index contributed by atoms with van der Waals surface area (Å²) in [5.74, 6) is 0.857. The summed E-state index contributed by atoms with van der Waals surface area (Å²) in [5, 5.41) is 0. The standard InChI is InChI=1S/C12H13FN6/c13-10-8-11(17-9-16-10)18-4-6-19(7-5-18)12-14-2-1-3-15-12/h1-3,8-9H,4-7H2. The zero-order chi connectivity index (χ0) is 13.1. The second kappa shape index (κ2) is 5.13. The van der Waals surface area contributed by atoms with E-state index in [1.54, 1.807) is 18.5 Å². The van der Waals surface area contributed by atoms with Crippen LogP contribution in [0, 0.1) is 5.95 Å². The van der Waals surface area contributed by atoms with Crippen LogP contribution in [0.3, 0.4) is 0 Å². The number of halogens is 1. The zero-order valence-corrected chi connectivity index (χ0v) is 10.3. The molecule has 2 aromatic rings. The lowest BCUT2D eigenvalue weighted by molar-refractivity contribution is 0.573. The Hall–Kier alpha value is -2.31. The van der Waals surface area contributed by atoms with Crippen molar-refractivity contribution in [2.24, 2.45) is 0 Å². The fourth-order valence-corrected chi connectivity index (χ4v) is 2.09. The molecule has 0 unspecified atom stereocenters. The van der Waals surface area contributed by atoms with E-state index in [2.05, 4.69) is 24.8 Å². The van der Waals surface area contributed by atoms with Crippen LogP contribution >= 0.6 is 0 Å². The molecule has 0 bridgehead atoms. The van der Waals surface area contributed by atoms with Gasteiger partial charge in [0.15, 0.2) is 0 Å². The van der Waals surface area contributed by atoms with Crippen molar-refractivity contribution in [3.63, 3.8) is 0 Å². The third-order valence-corrected chi connectivity index (χ3v) is 3.06. The molecular weight excluding hydrogens is 247 g/mol. The van der Waals surface area contributed by atoms with Gasteiger partial charge in [-0.2, -0.15) is 4.39 Å². The van der Waals surface area contributed by atoms with Gasteiger partial charge in [-0.3, -0.25) is 0 Å². The third kappa shape index (κ3) is 2.59. The predicted octanol–water partition coefficient (Wildman–Crippen LogP) is 0.732. The van der Waals surface area contributed by atoms with E-state index in [1.807, 2.05) is 4.90 Å². The molecule has 0 aliphatic carbocycles. The Labute approximate surface area is 110 Å². The maximum Gasteiger partial charge on any atom is 0.225 e. The number of piperazine rings is 1. The first-order valence-electron chi connectivity index (χ1n) is 6.07. The second-order valence-corrected chi connectivity index (χ2v) is 4.22. The minimum absolute atomic E-state index is 0.501. The summed E-state index contributed by atoms with van der Waals surface area (Å²) in [4.78, 5) is 20.1. The SMILES string of the molecule is Fc1cc(N2CCN(c3ncccn3)CC2)ncn1. The van der Waals surface area contributed by atoms with Crippen molar-refractivity contribution in [1.29, 1.82) is 0 Å². The summed E-state index contributed by atoms with van der Waals surface area (Å²) >= 11 is 0. The van der Waals surface area contributed by atoms with Crippen LogP contribution in [0.5, 0.6) is 0 Å². The van der Waals surface area contributed by atoms with Crippen LogP contribution < -0.4 is 9.80 Å². The predicted molar refractivity (Wildman–Crippen MR) is 68.4 cm³/mol. The van der Waals surface area contributed by atoms with Crippen LogP contribution in [0.15, 0.2) is 30.9 Å². The zero-order valence-electron chi connectivity index (χ0n) is 10.3. The van der Waals surface area contributed by atoms with Gasteiger partial charge in [-0.15, -0.1) is 0 Å². The van der Waals surface area contributed by atoms with Crippen LogP contribution in [0.4, 0.5) is 16.2 Å². The summed E-state index contributed by atoms with van der Waals surface area (Å²) in [5.41, 5.74) is 0. The van der Waals surface area contributed by atoms with Gasteiger partial charge in [-0.05, 0) is 6.07 Å². The smallest absolute Gasteiger partial charge is 0.225 e. The molecule has 0 spiro atoms. The molecule has 19 heavy (non-hydrogen) atoms. The van der Waals surface area contributed by atoms with E-state index in [-0.39, 0.29) is 0 Å². The Morgan fingerprint density at radius 2 is 1.58 bits per heavy atom. The molecule has 1 aliphatic heterocycles. The van der Waals surface area contributed by atoms with Gasteiger partial charge in [0.25, 0.3) is 0 Å². The first-order chi connectivity index (χ1) is 9.33. The molecule has 1 saturated heterocycles. The largest absolute Gasteiger partial charge is 0.353 e. The van der Waals surface area contributed by atoms with Gasteiger partial charge in [0.1, 0.15) is 12.1 Å². The minimum atomic E-state index is -0.501. The average molecular weight is 260 g/mol. The Morgan fingerprint density at radius 1 is 0.895 bits per heavy atom. The number of aromatic nitrogens is 4. The first kappa shape index (κ1) is 11.8. The maximum atomic E-state index is 13.1. The number of anilines is 2. The van der Waals surface area contributed by atoms with Crippen molar-refractivity contribution < 1.29 is 4.39 Å². The molecule has 3 heterocycles. The quantitative estimate of drug-likeness (QED) is 0.742. The highest BCUT2D eigenvalue weighted by Gasteiger charge is 2.19. The first-order valence-corrected chi connectivity index (χ1v) is 6.07. The molecule has 0 atom stereocenters. The van der Waals surface area contributed by atoms with Gasteiger partial charge in [-0.25, -0.2) is 19.9 Å². The van der Waals surface area contributed by atoms with Crippen LogP contribution in [0.25, 0.3) is 0 Å². The molecule has 6 nitrogen and oxygen atoms in total. The maximum absolute atomic E-state index is 13.1. The van der Waals surface area contributed by atoms with Gasteiger partial charge in [0.05, 0.1) is 0 Å². The summed E-state index contributed by atoms with van der Waals surface area (Å²) < 4.78 is 13.1. The fraction of sp³-hybridized carbons (Fsp3) is 0.333. The van der Waals surface area contributed by atoms with E-state index >= 15 is 0 Å². The molecule has 0 N–H and O–H groups in total. The lowest BCUT2D eigenvalue weighted by Gasteiger charge is -2.35. The highest BCUT2D eigenvalue weighted by atomic mass is 19.1. The molecule has 0 radical (unpaired) electrons. The molecular formula is C12H13FN6. The van der Waals surface area contributed by atoms with Crippen LogP contribution in [0.1, 0.15) is 0 Å². The van der Waals surface area contributed by atoms with Gasteiger partial charge in [0, 0.05) is 44.6 Å². The molecule has 98 valence electrons. The van der Waals surface area contributed by atoms with Gasteiger partial charge in [-0.1, -0.05) is 0 Å². The van der Waals surface area contributed by atoms with Crippen molar-refractivity contribution in [1.82, 2.24) is 19.9 Å². The summed E-state index contributed by atoms with van der Waals surface area (Å²) in [6.07, 6.45) is 4.71. The molecule has 1 fully saturated rings. The van der Waals surface area contributed by atoms with E-state index < -0.39 is 5.95 Å². The Balaban J connectivity index is 1.67. The molecule has 2 aromatic heterocycles. The van der Waals surface area contributed by atoms with Crippen molar-refractivity contribution >= 4 is 11.8 Å². The topological polar surface area (TPSA) is 58.0 Å². The molecule has 0 amide bonds. The highest BCUT2D eigenvalue weighted by molar-refractivity contribution is 5.41. The number of nitrogens with zero attached hydrogens (tertiary/aromatic N) is 6. The van der Waals surface area contributed by atoms with Crippen molar-refractivity contribution in [2.45, 2.75) is 0 Å².